The molecule has 3 rings (SSSR count). The number of benzene rings is 1. The zero-order valence-electron chi connectivity index (χ0n) is 11.6. The van der Waals surface area contributed by atoms with Crippen molar-refractivity contribution in [1.82, 2.24) is 15.3 Å². The Balaban J connectivity index is 1.72. The van der Waals surface area contributed by atoms with Crippen LogP contribution in [0.25, 0.3) is 0 Å². The Morgan fingerprint density at radius 3 is 3.05 bits per heavy atom. The average molecular weight is 273 g/mol. The third-order valence-electron chi connectivity index (χ3n) is 3.44. The quantitative estimate of drug-likeness (QED) is 0.878. The van der Waals surface area contributed by atoms with Crippen molar-refractivity contribution in [2.45, 2.75) is 25.9 Å². The molecule has 2 N–H and O–H groups in total. The van der Waals surface area contributed by atoms with Gasteiger partial charge in [-0.05, 0) is 12.5 Å². The van der Waals surface area contributed by atoms with E-state index in [0.29, 0.717) is 13.2 Å². The van der Waals surface area contributed by atoms with E-state index >= 15 is 0 Å². The number of H-pyrrole nitrogens is 1. The number of nitrogens with one attached hydrogen (secondary N) is 2. The van der Waals surface area contributed by atoms with Crippen molar-refractivity contribution < 1.29 is 9.47 Å². The molecular weight excluding hydrogens is 254 g/mol. The van der Waals surface area contributed by atoms with Crippen LogP contribution in [0.3, 0.4) is 0 Å². The van der Waals surface area contributed by atoms with Crippen molar-refractivity contribution in [2.75, 3.05) is 13.2 Å². The molecule has 0 radical (unpaired) electrons. The topological polar surface area (TPSA) is 59.2 Å². The van der Waals surface area contributed by atoms with Gasteiger partial charge >= 0.3 is 0 Å². The standard InChI is InChI=1S/C15H19N3O2/c1-2-12(15-16-6-7-17-15)18-10-11-4-3-5-13-14(11)20-9-8-19-13/h3-7,12,18H,2,8-10H2,1H3,(H,16,17). The van der Waals surface area contributed by atoms with Crippen molar-refractivity contribution in [3.63, 3.8) is 0 Å². The zero-order valence-corrected chi connectivity index (χ0v) is 11.6. The van der Waals surface area contributed by atoms with Crippen LogP contribution in [0.4, 0.5) is 0 Å². The van der Waals surface area contributed by atoms with E-state index in [9.17, 15) is 0 Å². The maximum atomic E-state index is 5.72. The van der Waals surface area contributed by atoms with Crippen LogP contribution in [-0.2, 0) is 6.54 Å². The van der Waals surface area contributed by atoms with E-state index in [-0.39, 0.29) is 6.04 Å². The number of fused-ring (bicyclic) bond motifs is 1. The van der Waals surface area contributed by atoms with E-state index in [1.807, 2.05) is 18.3 Å². The molecule has 0 spiro atoms. The van der Waals surface area contributed by atoms with Crippen molar-refractivity contribution in [3.05, 3.63) is 42.0 Å². The maximum absolute atomic E-state index is 5.72. The molecule has 0 amide bonds. The first kappa shape index (κ1) is 13.0. The lowest BCUT2D eigenvalue weighted by atomic mass is 10.1. The van der Waals surface area contributed by atoms with Crippen molar-refractivity contribution in [2.24, 2.45) is 0 Å². The Morgan fingerprint density at radius 2 is 2.25 bits per heavy atom. The summed E-state index contributed by atoms with van der Waals surface area (Å²) < 4.78 is 11.3. The van der Waals surface area contributed by atoms with Crippen LogP contribution in [0.2, 0.25) is 0 Å². The molecule has 5 heteroatoms. The minimum Gasteiger partial charge on any atom is -0.486 e. The Kier molecular flexibility index (Phi) is 3.87. The van der Waals surface area contributed by atoms with Gasteiger partial charge < -0.3 is 19.8 Å². The molecule has 0 bridgehead atoms. The zero-order chi connectivity index (χ0) is 13.8. The number of hydrogen-bond donors (Lipinski definition) is 2. The van der Waals surface area contributed by atoms with Gasteiger partial charge in [-0.1, -0.05) is 19.1 Å². The predicted molar refractivity (Wildman–Crippen MR) is 75.9 cm³/mol. The fourth-order valence-corrected chi connectivity index (χ4v) is 2.41. The summed E-state index contributed by atoms with van der Waals surface area (Å²) in [6, 6.07) is 6.22. The molecule has 0 fully saturated rings. The highest BCUT2D eigenvalue weighted by atomic mass is 16.6. The van der Waals surface area contributed by atoms with E-state index in [1.54, 1.807) is 6.20 Å². The smallest absolute Gasteiger partial charge is 0.165 e. The van der Waals surface area contributed by atoms with Gasteiger partial charge in [-0.25, -0.2) is 4.98 Å². The first-order chi connectivity index (χ1) is 9.88. The summed E-state index contributed by atoms with van der Waals surface area (Å²) in [5.74, 6) is 2.66. The second-order valence-electron chi connectivity index (χ2n) is 4.76. The minimum absolute atomic E-state index is 0.213. The highest BCUT2D eigenvalue weighted by molar-refractivity contribution is 5.47. The largest absolute Gasteiger partial charge is 0.486 e. The number of imidazole rings is 1. The predicted octanol–water partition coefficient (Wildman–Crippen LogP) is 2.42. The molecule has 1 aliphatic heterocycles. The number of nitrogens with zero attached hydrogens (tertiary/aromatic N) is 1. The molecule has 1 aromatic carbocycles. The fraction of sp³-hybridized carbons (Fsp3) is 0.400. The van der Waals surface area contributed by atoms with Gasteiger partial charge in [-0.3, -0.25) is 0 Å². The number of aromatic amines is 1. The number of ether oxygens (including phenoxy) is 2. The molecule has 1 aromatic heterocycles. The molecule has 1 atom stereocenters. The second-order valence-corrected chi connectivity index (χ2v) is 4.76. The van der Waals surface area contributed by atoms with Crippen LogP contribution < -0.4 is 14.8 Å². The van der Waals surface area contributed by atoms with Crippen LogP contribution in [-0.4, -0.2) is 23.2 Å². The van der Waals surface area contributed by atoms with E-state index in [4.69, 9.17) is 9.47 Å². The summed E-state index contributed by atoms with van der Waals surface area (Å²) in [5, 5.41) is 3.51. The Labute approximate surface area is 118 Å². The molecule has 0 saturated heterocycles. The first-order valence-corrected chi connectivity index (χ1v) is 6.98. The monoisotopic (exact) mass is 273 g/mol. The fourth-order valence-electron chi connectivity index (χ4n) is 2.41. The van der Waals surface area contributed by atoms with Gasteiger partial charge in [0.2, 0.25) is 0 Å². The molecule has 5 nitrogen and oxygen atoms in total. The molecule has 106 valence electrons. The van der Waals surface area contributed by atoms with Gasteiger partial charge in [0.05, 0.1) is 6.04 Å². The van der Waals surface area contributed by atoms with Gasteiger partial charge in [-0.2, -0.15) is 0 Å². The molecular formula is C15H19N3O2. The molecule has 1 unspecified atom stereocenters. The summed E-state index contributed by atoms with van der Waals surface area (Å²) in [7, 11) is 0. The van der Waals surface area contributed by atoms with Crippen LogP contribution >= 0.6 is 0 Å². The lowest BCUT2D eigenvalue weighted by molar-refractivity contribution is 0.169. The van der Waals surface area contributed by atoms with E-state index < -0.39 is 0 Å². The minimum atomic E-state index is 0.213. The summed E-state index contributed by atoms with van der Waals surface area (Å²) in [6.45, 7) is 4.10. The second kappa shape index (κ2) is 5.96. The van der Waals surface area contributed by atoms with Gasteiger partial charge in [-0.15, -0.1) is 0 Å². The van der Waals surface area contributed by atoms with Crippen molar-refractivity contribution in [3.8, 4) is 11.5 Å². The number of para-hydroxylation sites is 1. The van der Waals surface area contributed by atoms with Crippen molar-refractivity contribution >= 4 is 0 Å². The lowest BCUT2D eigenvalue weighted by Gasteiger charge is -2.22. The Hall–Kier alpha value is -2.01. The summed E-state index contributed by atoms with van der Waals surface area (Å²) in [6.07, 6.45) is 4.60. The third kappa shape index (κ3) is 2.63. The van der Waals surface area contributed by atoms with Crippen molar-refractivity contribution in [1.29, 1.82) is 0 Å². The lowest BCUT2D eigenvalue weighted by Crippen LogP contribution is -2.23. The SMILES string of the molecule is CCC(NCc1cccc2c1OCCO2)c1ncc[nH]1. The summed E-state index contributed by atoms with van der Waals surface area (Å²) >= 11 is 0. The van der Waals surface area contributed by atoms with Crippen LogP contribution in [0, 0.1) is 0 Å². The molecule has 0 saturated carbocycles. The summed E-state index contributed by atoms with van der Waals surface area (Å²) in [4.78, 5) is 7.47. The highest BCUT2D eigenvalue weighted by Gasteiger charge is 2.17. The van der Waals surface area contributed by atoms with E-state index in [1.165, 1.54) is 0 Å². The van der Waals surface area contributed by atoms with E-state index in [0.717, 1.165) is 35.9 Å². The Bertz CT molecular complexity index is 554. The number of rotatable bonds is 5. The number of hydrogen-bond acceptors (Lipinski definition) is 4. The molecule has 20 heavy (non-hydrogen) atoms. The first-order valence-electron chi connectivity index (χ1n) is 6.98. The maximum Gasteiger partial charge on any atom is 0.165 e. The van der Waals surface area contributed by atoms with E-state index in [2.05, 4.69) is 28.3 Å². The van der Waals surface area contributed by atoms with Gasteiger partial charge in [0.25, 0.3) is 0 Å². The van der Waals surface area contributed by atoms with Gasteiger partial charge in [0, 0.05) is 24.5 Å². The van der Waals surface area contributed by atoms with Crippen LogP contribution in [0.1, 0.15) is 30.8 Å². The van der Waals surface area contributed by atoms with Crippen LogP contribution in [0.15, 0.2) is 30.6 Å². The molecule has 1 aliphatic rings. The normalized spacial score (nSPS) is 15.1. The van der Waals surface area contributed by atoms with Gasteiger partial charge in [0.15, 0.2) is 11.5 Å². The van der Waals surface area contributed by atoms with Gasteiger partial charge in [0.1, 0.15) is 19.0 Å². The van der Waals surface area contributed by atoms with Crippen LogP contribution in [0.5, 0.6) is 11.5 Å². The number of aromatic nitrogens is 2. The highest BCUT2D eigenvalue weighted by Crippen LogP contribution is 2.33. The third-order valence-corrected chi connectivity index (χ3v) is 3.44. The molecule has 2 aromatic rings. The Morgan fingerprint density at radius 1 is 1.35 bits per heavy atom. The molecule has 2 heterocycles. The average Bonchev–Trinajstić information content (AvgIpc) is 3.02. The molecule has 0 aliphatic carbocycles. The summed E-state index contributed by atoms with van der Waals surface area (Å²) in [5.41, 5.74) is 1.12.